The van der Waals surface area contributed by atoms with Crippen molar-refractivity contribution in [2.45, 2.75) is 6.36 Å². The Hall–Kier alpha value is -1.51. The molecule has 9 heteroatoms. The third kappa shape index (κ3) is 3.22. The van der Waals surface area contributed by atoms with Crippen molar-refractivity contribution in [2.24, 2.45) is 0 Å². The van der Waals surface area contributed by atoms with E-state index in [-0.39, 0.29) is 6.41 Å². The van der Waals surface area contributed by atoms with Gasteiger partial charge in [-0.2, -0.15) is 0 Å². The summed E-state index contributed by atoms with van der Waals surface area (Å²) < 4.78 is 52.0. The number of phenolic OH excluding ortho intramolecular Hbond substituents is 1. The molecule has 0 saturated carbocycles. The molecule has 1 rings (SSSR count). The first-order valence-electron chi connectivity index (χ1n) is 3.93. The van der Waals surface area contributed by atoms with Gasteiger partial charge in [0.05, 0.1) is 10.2 Å². The average molecular weight is 318 g/mol. The van der Waals surface area contributed by atoms with Crippen LogP contribution in [0.1, 0.15) is 0 Å². The second-order valence-electron chi connectivity index (χ2n) is 2.71. The highest BCUT2D eigenvalue weighted by Crippen LogP contribution is 2.42. The molecule has 1 aromatic carbocycles. The van der Waals surface area contributed by atoms with E-state index in [0.717, 1.165) is 6.07 Å². The maximum absolute atomic E-state index is 13.3. The number of nitrogens with one attached hydrogen (secondary N) is 1. The zero-order valence-corrected chi connectivity index (χ0v) is 9.39. The van der Waals surface area contributed by atoms with Crippen LogP contribution < -0.4 is 10.1 Å². The molecule has 0 saturated heterocycles. The molecule has 0 bridgehead atoms. The molecular formula is C8H4BrF4NO3. The van der Waals surface area contributed by atoms with E-state index < -0.39 is 33.8 Å². The SMILES string of the molecule is O=CNc1cc(Br)c(F)c(OC(F)(F)F)c1O. The number of halogens is 5. The Morgan fingerprint density at radius 3 is 2.53 bits per heavy atom. The molecule has 0 aliphatic heterocycles. The summed E-state index contributed by atoms with van der Waals surface area (Å²) in [7, 11) is 0. The number of phenols is 1. The molecule has 0 atom stereocenters. The van der Waals surface area contributed by atoms with Gasteiger partial charge < -0.3 is 15.2 Å². The third-order valence-electron chi connectivity index (χ3n) is 1.58. The van der Waals surface area contributed by atoms with Gasteiger partial charge >= 0.3 is 6.36 Å². The Bertz CT molecular complexity index is 449. The zero-order chi connectivity index (χ0) is 13.2. The molecule has 0 aromatic heterocycles. The summed E-state index contributed by atoms with van der Waals surface area (Å²) in [5.41, 5.74) is -0.424. The van der Waals surface area contributed by atoms with Crippen molar-refractivity contribution in [3.05, 3.63) is 16.4 Å². The van der Waals surface area contributed by atoms with Gasteiger partial charge in [0, 0.05) is 0 Å². The fraction of sp³-hybridized carbons (Fsp3) is 0.125. The number of anilines is 1. The summed E-state index contributed by atoms with van der Waals surface area (Å²) in [5, 5.41) is 11.2. The van der Waals surface area contributed by atoms with Crippen LogP contribution in [0.5, 0.6) is 11.5 Å². The number of rotatable bonds is 3. The lowest BCUT2D eigenvalue weighted by atomic mass is 10.2. The minimum Gasteiger partial charge on any atom is -0.503 e. The van der Waals surface area contributed by atoms with Gasteiger partial charge in [0.2, 0.25) is 12.2 Å². The largest absolute Gasteiger partial charge is 0.573 e. The summed E-state index contributed by atoms with van der Waals surface area (Å²) in [5.74, 6) is -4.01. The van der Waals surface area contributed by atoms with Gasteiger partial charge in [0.1, 0.15) is 0 Å². The van der Waals surface area contributed by atoms with Crippen LogP contribution in [0.15, 0.2) is 10.5 Å². The predicted molar refractivity (Wildman–Crippen MR) is 52.1 cm³/mol. The zero-order valence-electron chi connectivity index (χ0n) is 7.81. The fourth-order valence-electron chi connectivity index (χ4n) is 0.976. The van der Waals surface area contributed by atoms with Crippen LogP contribution in [0.25, 0.3) is 0 Å². The maximum Gasteiger partial charge on any atom is 0.573 e. The third-order valence-corrected chi connectivity index (χ3v) is 2.16. The molecule has 94 valence electrons. The van der Waals surface area contributed by atoms with Crippen LogP contribution in [-0.4, -0.2) is 17.9 Å². The predicted octanol–water partition coefficient (Wildman–Crippen LogP) is 2.76. The van der Waals surface area contributed by atoms with Gasteiger partial charge in [-0.1, -0.05) is 0 Å². The number of hydrogen-bond donors (Lipinski definition) is 2. The number of carbonyl (C=O) groups excluding carboxylic acids is 1. The van der Waals surface area contributed by atoms with E-state index in [1.165, 1.54) is 0 Å². The molecule has 4 nitrogen and oxygen atoms in total. The van der Waals surface area contributed by atoms with Crippen molar-refractivity contribution >= 4 is 28.0 Å². The first-order valence-corrected chi connectivity index (χ1v) is 4.72. The van der Waals surface area contributed by atoms with Crippen LogP contribution in [0, 0.1) is 5.82 Å². The average Bonchev–Trinajstić information content (AvgIpc) is 2.20. The molecule has 0 spiro atoms. The van der Waals surface area contributed by atoms with Crippen LogP contribution in [0.3, 0.4) is 0 Å². The number of amides is 1. The normalized spacial score (nSPS) is 11.1. The molecule has 1 aromatic rings. The Kier molecular flexibility index (Phi) is 3.81. The second-order valence-corrected chi connectivity index (χ2v) is 3.56. The Morgan fingerprint density at radius 2 is 2.06 bits per heavy atom. The van der Waals surface area contributed by atoms with E-state index in [1.54, 1.807) is 0 Å². The van der Waals surface area contributed by atoms with Gasteiger partial charge in [0.25, 0.3) is 0 Å². The molecule has 0 aliphatic carbocycles. The number of aromatic hydroxyl groups is 1. The first kappa shape index (κ1) is 13.6. The highest BCUT2D eigenvalue weighted by molar-refractivity contribution is 9.10. The molecule has 17 heavy (non-hydrogen) atoms. The molecule has 0 unspecified atom stereocenters. The quantitative estimate of drug-likeness (QED) is 0.512. The van der Waals surface area contributed by atoms with Crippen molar-refractivity contribution in [3.63, 3.8) is 0 Å². The molecule has 0 radical (unpaired) electrons. The molecule has 0 aliphatic rings. The minimum atomic E-state index is -5.17. The summed E-state index contributed by atoms with van der Waals surface area (Å²) >= 11 is 2.62. The van der Waals surface area contributed by atoms with Crippen LogP contribution in [0.2, 0.25) is 0 Å². The highest BCUT2D eigenvalue weighted by Gasteiger charge is 2.35. The lowest BCUT2D eigenvalue weighted by Gasteiger charge is -2.14. The van der Waals surface area contributed by atoms with Gasteiger partial charge in [0.15, 0.2) is 11.6 Å². The summed E-state index contributed by atoms with van der Waals surface area (Å²) in [6.45, 7) is 0. The van der Waals surface area contributed by atoms with Crippen LogP contribution in [-0.2, 0) is 4.79 Å². The van der Waals surface area contributed by atoms with E-state index in [4.69, 9.17) is 0 Å². The van der Waals surface area contributed by atoms with Crippen molar-refractivity contribution in [2.75, 3.05) is 5.32 Å². The Balaban J connectivity index is 3.31. The number of benzene rings is 1. The van der Waals surface area contributed by atoms with E-state index in [9.17, 15) is 27.5 Å². The molecular weight excluding hydrogens is 314 g/mol. The Labute approximate surface area is 100 Å². The van der Waals surface area contributed by atoms with Crippen LogP contribution >= 0.6 is 15.9 Å². The number of carbonyl (C=O) groups is 1. The molecule has 1 amide bonds. The van der Waals surface area contributed by atoms with Gasteiger partial charge in [-0.15, -0.1) is 13.2 Å². The lowest BCUT2D eigenvalue weighted by Crippen LogP contribution is -2.18. The molecule has 0 heterocycles. The van der Waals surface area contributed by atoms with E-state index >= 15 is 0 Å². The summed E-state index contributed by atoms with van der Waals surface area (Å²) in [6.07, 6.45) is -5.06. The number of alkyl halides is 3. The minimum absolute atomic E-state index is 0.108. The summed E-state index contributed by atoms with van der Waals surface area (Å²) in [4.78, 5) is 10.1. The standard InChI is InChI=1S/C8H4BrF4NO3/c9-3-1-4(14-2-15)6(16)7(5(3)10)17-8(11,12)13/h1-2,16H,(H,14,15). The molecule has 0 fully saturated rings. The van der Waals surface area contributed by atoms with Crippen molar-refractivity contribution < 1.29 is 32.2 Å². The van der Waals surface area contributed by atoms with E-state index in [1.807, 2.05) is 5.32 Å². The van der Waals surface area contributed by atoms with Gasteiger partial charge in [-0.25, -0.2) is 4.39 Å². The van der Waals surface area contributed by atoms with E-state index in [0.29, 0.717) is 0 Å². The second kappa shape index (κ2) is 4.78. The van der Waals surface area contributed by atoms with Crippen molar-refractivity contribution in [3.8, 4) is 11.5 Å². The van der Waals surface area contributed by atoms with E-state index in [2.05, 4.69) is 20.7 Å². The van der Waals surface area contributed by atoms with Crippen molar-refractivity contribution in [1.82, 2.24) is 0 Å². The number of ether oxygens (including phenoxy) is 1. The topological polar surface area (TPSA) is 58.6 Å². The van der Waals surface area contributed by atoms with Gasteiger partial charge in [-0.05, 0) is 22.0 Å². The van der Waals surface area contributed by atoms with Crippen molar-refractivity contribution in [1.29, 1.82) is 0 Å². The maximum atomic E-state index is 13.3. The first-order chi connectivity index (χ1) is 7.76. The molecule has 2 N–H and O–H groups in total. The number of hydrogen-bond acceptors (Lipinski definition) is 3. The van der Waals surface area contributed by atoms with Gasteiger partial charge in [-0.3, -0.25) is 4.79 Å². The van der Waals surface area contributed by atoms with Crippen LogP contribution in [0.4, 0.5) is 23.2 Å². The smallest absolute Gasteiger partial charge is 0.503 e. The Morgan fingerprint density at radius 1 is 1.47 bits per heavy atom. The lowest BCUT2D eigenvalue weighted by molar-refractivity contribution is -0.276. The monoisotopic (exact) mass is 317 g/mol. The highest BCUT2D eigenvalue weighted by atomic mass is 79.9. The fourth-order valence-corrected chi connectivity index (χ4v) is 1.38. The summed E-state index contributed by atoms with van der Waals surface area (Å²) in [6, 6.07) is 0.891.